The van der Waals surface area contributed by atoms with Crippen LogP contribution in [0.4, 0.5) is 0 Å². The molecule has 1 heterocycles. The van der Waals surface area contributed by atoms with Crippen molar-refractivity contribution >= 4 is 17.7 Å². The third kappa shape index (κ3) is 4.83. The van der Waals surface area contributed by atoms with Crippen molar-refractivity contribution in [3.63, 3.8) is 0 Å². The molecule has 1 aromatic heterocycles. The van der Waals surface area contributed by atoms with Crippen LogP contribution in [-0.2, 0) is 11.3 Å². The van der Waals surface area contributed by atoms with Crippen LogP contribution in [0, 0.1) is 11.8 Å². The van der Waals surface area contributed by atoms with E-state index in [1.807, 2.05) is 20.4 Å². The zero-order valence-corrected chi connectivity index (χ0v) is 15.6. The molecule has 1 aromatic rings. The highest BCUT2D eigenvalue weighted by Gasteiger charge is 2.27. The second kappa shape index (κ2) is 8.67. The molecule has 1 fully saturated rings. The smallest absolute Gasteiger partial charge is 0.223 e. The minimum absolute atomic E-state index is 0.0945. The Hall–Kier alpha value is -1.34. The van der Waals surface area contributed by atoms with Gasteiger partial charge in [-0.1, -0.05) is 0 Å². The fourth-order valence-electron chi connectivity index (χ4n) is 3.24. The summed E-state index contributed by atoms with van der Waals surface area (Å²) in [5.74, 6) is 0.891. The summed E-state index contributed by atoms with van der Waals surface area (Å²) >= 11 is 1.42. The summed E-state index contributed by atoms with van der Waals surface area (Å²) in [6, 6.07) is 1.60. The maximum Gasteiger partial charge on any atom is 0.223 e. The van der Waals surface area contributed by atoms with Gasteiger partial charge in [0.1, 0.15) is 0 Å². The van der Waals surface area contributed by atoms with Gasteiger partial charge < -0.3 is 20.4 Å². The van der Waals surface area contributed by atoms with Crippen molar-refractivity contribution in [1.82, 2.24) is 14.8 Å². The average Bonchev–Trinajstić information content (AvgIpc) is 2.82. The third-order valence-corrected chi connectivity index (χ3v) is 5.49. The normalized spacial score (nSPS) is 21.2. The first-order chi connectivity index (χ1) is 11.4. The van der Waals surface area contributed by atoms with Crippen molar-refractivity contribution in [3.8, 4) is 11.8 Å². The highest BCUT2D eigenvalue weighted by molar-refractivity contribution is 7.98. The number of aromatic nitrogens is 1. The predicted molar refractivity (Wildman–Crippen MR) is 96.6 cm³/mol. The lowest BCUT2D eigenvalue weighted by molar-refractivity contribution is -0.126. The molecule has 0 unspecified atom stereocenters. The van der Waals surface area contributed by atoms with E-state index < -0.39 is 0 Å². The number of hydrogen-bond donors (Lipinski definition) is 3. The quantitative estimate of drug-likeness (QED) is 0.653. The van der Waals surface area contributed by atoms with Crippen molar-refractivity contribution < 1.29 is 15.0 Å². The van der Waals surface area contributed by atoms with Gasteiger partial charge in [-0.05, 0) is 52.0 Å². The summed E-state index contributed by atoms with van der Waals surface area (Å²) in [4.78, 5) is 14.9. The summed E-state index contributed by atoms with van der Waals surface area (Å²) in [7, 11) is 3.98. The van der Waals surface area contributed by atoms with Gasteiger partial charge in [-0.15, -0.1) is 11.8 Å². The number of nitrogens with zero attached hydrogens (tertiary/aromatic N) is 2. The summed E-state index contributed by atoms with van der Waals surface area (Å²) in [5.41, 5.74) is 0. The van der Waals surface area contributed by atoms with E-state index in [2.05, 4.69) is 10.2 Å². The summed E-state index contributed by atoms with van der Waals surface area (Å²) in [6.45, 7) is 2.15. The molecule has 0 radical (unpaired) electrons. The molecular weight excluding hydrogens is 326 g/mol. The topological polar surface area (TPSA) is 77.7 Å². The number of carbonyl (C=O) groups is 1. The molecule has 136 valence electrons. The Labute approximate surface area is 148 Å². The van der Waals surface area contributed by atoms with Crippen molar-refractivity contribution in [2.75, 3.05) is 33.4 Å². The number of thioether (sulfide) groups is 1. The summed E-state index contributed by atoms with van der Waals surface area (Å²) < 4.78 is 1.58. The van der Waals surface area contributed by atoms with E-state index >= 15 is 0 Å². The van der Waals surface area contributed by atoms with E-state index in [4.69, 9.17) is 0 Å². The van der Waals surface area contributed by atoms with Gasteiger partial charge in [0.05, 0.1) is 4.90 Å². The first-order valence-electron chi connectivity index (χ1n) is 8.50. The first kappa shape index (κ1) is 19.0. The van der Waals surface area contributed by atoms with E-state index in [1.54, 1.807) is 10.6 Å². The molecule has 6 nitrogen and oxygen atoms in total. The molecule has 0 aromatic carbocycles. The maximum absolute atomic E-state index is 12.2. The number of rotatable bonds is 7. The lowest BCUT2D eigenvalue weighted by Crippen LogP contribution is -2.37. The van der Waals surface area contributed by atoms with E-state index in [9.17, 15) is 15.0 Å². The van der Waals surface area contributed by atoms with Crippen LogP contribution in [0.3, 0.4) is 0 Å². The lowest BCUT2D eigenvalue weighted by atomic mass is 9.81. The van der Waals surface area contributed by atoms with Crippen LogP contribution in [0.2, 0.25) is 0 Å². The van der Waals surface area contributed by atoms with Crippen molar-refractivity contribution in [2.24, 2.45) is 11.8 Å². The van der Waals surface area contributed by atoms with E-state index in [-0.39, 0.29) is 23.6 Å². The largest absolute Gasteiger partial charge is 0.494 e. The lowest BCUT2D eigenvalue weighted by Gasteiger charge is -2.28. The monoisotopic (exact) mass is 355 g/mol. The predicted octanol–water partition coefficient (Wildman–Crippen LogP) is 2.11. The van der Waals surface area contributed by atoms with E-state index in [1.165, 1.54) is 11.8 Å². The molecule has 24 heavy (non-hydrogen) atoms. The highest BCUT2D eigenvalue weighted by Crippen LogP contribution is 2.37. The number of aromatic hydroxyl groups is 2. The zero-order valence-electron chi connectivity index (χ0n) is 14.8. The Morgan fingerprint density at radius 1 is 1.33 bits per heavy atom. The molecule has 1 aliphatic carbocycles. The van der Waals surface area contributed by atoms with Gasteiger partial charge in [0.2, 0.25) is 11.8 Å². The van der Waals surface area contributed by atoms with Crippen molar-refractivity contribution in [1.29, 1.82) is 0 Å². The minimum Gasteiger partial charge on any atom is -0.494 e. The third-order valence-electron chi connectivity index (χ3n) is 4.75. The Balaban J connectivity index is 1.81. The van der Waals surface area contributed by atoms with Gasteiger partial charge >= 0.3 is 0 Å². The van der Waals surface area contributed by atoms with Crippen LogP contribution in [-0.4, -0.2) is 59.0 Å². The van der Waals surface area contributed by atoms with Crippen LogP contribution >= 0.6 is 11.8 Å². The van der Waals surface area contributed by atoms with E-state index in [0.29, 0.717) is 23.9 Å². The number of likely N-dealkylation sites (N-methyl/N-ethyl adjacent to an activating group) is 1. The summed E-state index contributed by atoms with van der Waals surface area (Å²) in [6.07, 6.45) is 5.50. The molecule has 3 N–H and O–H groups in total. The molecule has 2 rings (SSSR count). The molecule has 0 spiro atoms. The minimum atomic E-state index is 0.0945. The van der Waals surface area contributed by atoms with Crippen molar-refractivity contribution in [2.45, 2.75) is 37.1 Å². The first-order valence-corrected chi connectivity index (χ1v) is 9.72. The van der Waals surface area contributed by atoms with Gasteiger partial charge in [0.15, 0.2) is 5.88 Å². The molecule has 7 heteroatoms. The SMILES string of the molecule is CSc1cc(O)n(CC2CCC(C(=O)NCCN(C)C)CC2)c1O. The number of hydrogen-bond acceptors (Lipinski definition) is 5. The standard InChI is InChI=1S/C17H29N3O3S/c1-19(2)9-8-18-16(22)13-6-4-12(5-7-13)11-20-15(21)10-14(24-3)17(20)23/h10,12-13,21,23H,4-9,11H2,1-3H3,(H,18,22). The molecule has 1 amide bonds. The van der Waals surface area contributed by atoms with E-state index in [0.717, 1.165) is 32.2 Å². The molecule has 1 saturated carbocycles. The Kier molecular flexibility index (Phi) is 6.86. The second-order valence-corrected chi connectivity index (χ2v) is 7.67. The summed E-state index contributed by atoms with van der Waals surface area (Å²) in [5, 5.41) is 23.1. The highest BCUT2D eigenvalue weighted by atomic mass is 32.2. The molecule has 0 aliphatic heterocycles. The van der Waals surface area contributed by atoms with Crippen LogP contribution in [0.25, 0.3) is 0 Å². The molecule has 0 saturated heterocycles. The Morgan fingerprint density at radius 2 is 2.00 bits per heavy atom. The van der Waals surface area contributed by atoms with Gasteiger partial charge in [-0.3, -0.25) is 9.36 Å². The maximum atomic E-state index is 12.2. The van der Waals surface area contributed by atoms with Gasteiger partial charge in [0, 0.05) is 31.6 Å². The van der Waals surface area contributed by atoms with Crippen LogP contribution in [0.15, 0.2) is 11.0 Å². The number of carbonyl (C=O) groups excluding carboxylic acids is 1. The van der Waals surface area contributed by atoms with Gasteiger partial charge in [-0.25, -0.2) is 0 Å². The second-order valence-electron chi connectivity index (χ2n) is 6.82. The fraction of sp³-hybridized carbons (Fsp3) is 0.706. The van der Waals surface area contributed by atoms with Crippen LogP contribution in [0.1, 0.15) is 25.7 Å². The van der Waals surface area contributed by atoms with Crippen molar-refractivity contribution in [3.05, 3.63) is 6.07 Å². The number of nitrogens with one attached hydrogen (secondary N) is 1. The van der Waals surface area contributed by atoms with Gasteiger partial charge in [-0.2, -0.15) is 0 Å². The van der Waals surface area contributed by atoms with Crippen LogP contribution in [0.5, 0.6) is 11.8 Å². The Bertz CT molecular complexity index is 552. The fourth-order valence-corrected chi connectivity index (χ4v) is 3.76. The molecular formula is C17H29N3O3S. The van der Waals surface area contributed by atoms with Crippen LogP contribution < -0.4 is 5.32 Å². The zero-order chi connectivity index (χ0) is 17.7. The Morgan fingerprint density at radius 3 is 2.54 bits per heavy atom. The molecule has 1 aliphatic rings. The molecule has 0 atom stereocenters. The van der Waals surface area contributed by atoms with Gasteiger partial charge in [0.25, 0.3) is 0 Å². The number of amides is 1. The molecule has 0 bridgehead atoms. The average molecular weight is 356 g/mol.